The first kappa shape index (κ1) is 17.8. The fourth-order valence-corrected chi connectivity index (χ4v) is 4.31. The molecule has 0 saturated heterocycles. The third-order valence-electron chi connectivity index (χ3n) is 4.03. The Morgan fingerprint density at radius 1 is 1.40 bits per heavy atom. The van der Waals surface area contributed by atoms with E-state index in [1.807, 2.05) is 12.1 Å². The standard InChI is InChI=1S/C16H19N5O2S2/c17-11-16(6-2-1-3-7-16)19-13(22)10-24-15-21-20-14(25-15)18-9-12-5-4-8-23-12/h4-5,8H,1-3,6-7,9-10H2,(H,18,20)(H,19,22). The molecule has 0 aliphatic heterocycles. The number of thioether (sulfide) groups is 1. The van der Waals surface area contributed by atoms with Crippen LogP contribution in [-0.2, 0) is 11.3 Å². The first-order chi connectivity index (χ1) is 12.2. The summed E-state index contributed by atoms with van der Waals surface area (Å²) in [6.45, 7) is 0.539. The van der Waals surface area contributed by atoms with Crippen molar-refractivity contribution in [3.63, 3.8) is 0 Å². The van der Waals surface area contributed by atoms with Gasteiger partial charge in [0.25, 0.3) is 0 Å². The highest BCUT2D eigenvalue weighted by Gasteiger charge is 2.33. The van der Waals surface area contributed by atoms with Gasteiger partial charge in [0.15, 0.2) is 4.34 Å². The Kier molecular flexibility index (Phi) is 5.94. The predicted octanol–water partition coefficient (Wildman–Crippen LogP) is 3.18. The second-order valence-electron chi connectivity index (χ2n) is 5.90. The first-order valence-corrected chi connectivity index (χ1v) is 9.94. The lowest BCUT2D eigenvalue weighted by Crippen LogP contribution is -2.49. The number of nitriles is 1. The summed E-state index contributed by atoms with van der Waals surface area (Å²) in [6, 6.07) is 6.01. The maximum atomic E-state index is 12.2. The molecule has 0 aromatic carbocycles. The highest BCUT2D eigenvalue weighted by Crippen LogP contribution is 2.29. The topological polar surface area (TPSA) is 104 Å². The van der Waals surface area contributed by atoms with Crippen LogP contribution in [0, 0.1) is 11.3 Å². The molecule has 25 heavy (non-hydrogen) atoms. The number of rotatable bonds is 7. The summed E-state index contributed by atoms with van der Waals surface area (Å²) < 4.78 is 5.96. The molecule has 0 atom stereocenters. The summed E-state index contributed by atoms with van der Waals surface area (Å²) in [5.41, 5.74) is -0.688. The van der Waals surface area contributed by atoms with E-state index in [-0.39, 0.29) is 11.7 Å². The van der Waals surface area contributed by atoms with E-state index >= 15 is 0 Å². The Hall–Kier alpha value is -2.05. The molecule has 0 spiro atoms. The van der Waals surface area contributed by atoms with Crippen LogP contribution in [0.25, 0.3) is 0 Å². The summed E-state index contributed by atoms with van der Waals surface area (Å²) in [5.74, 6) is 0.919. The fourth-order valence-electron chi connectivity index (χ4n) is 2.77. The number of nitrogens with one attached hydrogen (secondary N) is 2. The third-order valence-corrected chi connectivity index (χ3v) is 6.04. The first-order valence-electron chi connectivity index (χ1n) is 8.14. The van der Waals surface area contributed by atoms with Crippen molar-refractivity contribution in [2.75, 3.05) is 11.1 Å². The van der Waals surface area contributed by atoms with Crippen molar-refractivity contribution >= 4 is 34.1 Å². The van der Waals surface area contributed by atoms with Crippen molar-refractivity contribution in [3.05, 3.63) is 24.2 Å². The summed E-state index contributed by atoms with van der Waals surface area (Å²) in [7, 11) is 0. The monoisotopic (exact) mass is 377 g/mol. The molecular weight excluding hydrogens is 358 g/mol. The summed E-state index contributed by atoms with van der Waals surface area (Å²) in [5, 5.41) is 24.2. The third kappa shape index (κ3) is 4.96. The Labute approximate surface area is 154 Å². The average molecular weight is 377 g/mol. The quantitative estimate of drug-likeness (QED) is 0.714. The van der Waals surface area contributed by atoms with Gasteiger partial charge >= 0.3 is 0 Å². The Morgan fingerprint density at radius 3 is 2.96 bits per heavy atom. The van der Waals surface area contributed by atoms with Gasteiger partial charge in [-0.3, -0.25) is 4.79 Å². The molecule has 7 nitrogen and oxygen atoms in total. The minimum atomic E-state index is -0.688. The molecule has 0 unspecified atom stereocenters. The smallest absolute Gasteiger partial charge is 0.231 e. The zero-order chi connectivity index (χ0) is 17.5. The van der Waals surface area contributed by atoms with Gasteiger partial charge in [-0.25, -0.2) is 0 Å². The number of anilines is 1. The Bertz CT molecular complexity index is 732. The molecule has 132 valence electrons. The van der Waals surface area contributed by atoms with E-state index in [0.717, 1.165) is 37.9 Å². The molecule has 1 aliphatic rings. The molecule has 0 bridgehead atoms. The van der Waals surface area contributed by atoms with Gasteiger partial charge in [-0.2, -0.15) is 5.26 Å². The zero-order valence-electron chi connectivity index (χ0n) is 13.7. The number of nitrogens with zero attached hydrogens (tertiary/aromatic N) is 3. The van der Waals surface area contributed by atoms with Gasteiger partial charge in [0, 0.05) is 0 Å². The van der Waals surface area contributed by atoms with Crippen molar-refractivity contribution < 1.29 is 9.21 Å². The van der Waals surface area contributed by atoms with Crippen LogP contribution >= 0.6 is 23.1 Å². The van der Waals surface area contributed by atoms with E-state index in [4.69, 9.17) is 4.42 Å². The lowest BCUT2D eigenvalue weighted by atomic mass is 9.83. The highest BCUT2D eigenvalue weighted by atomic mass is 32.2. The molecule has 1 amide bonds. The largest absolute Gasteiger partial charge is 0.467 e. The summed E-state index contributed by atoms with van der Waals surface area (Å²) in [6.07, 6.45) is 6.20. The molecule has 1 aliphatic carbocycles. The minimum Gasteiger partial charge on any atom is -0.467 e. The molecule has 0 radical (unpaired) electrons. The molecular formula is C16H19N5O2S2. The van der Waals surface area contributed by atoms with E-state index < -0.39 is 5.54 Å². The van der Waals surface area contributed by atoms with Gasteiger partial charge in [0.05, 0.1) is 24.6 Å². The number of aromatic nitrogens is 2. The van der Waals surface area contributed by atoms with Crippen LogP contribution < -0.4 is 10.6 Å². The van der Waals surface area contributed by atoms with E-state index in [1.165, 1.54) is 23.1 Å². The molecule has 1 fully saturated rings. The van der Waals surface area contributed by atoms with Crippen LogP contribution in [0.5, 0.6) is 0 Å². The van der Waals surface area contributed by atoms with E-state index in [0.29, 0.717) is 16.0 Å². The average Bonchev–Trinajstić information content (AvgIpc) is 3.31. The Balaban J connectivity index is 1.45. The van der Waals surface area contributed by atoms with Crippen LogP contribution in [-0.4, -0.2) is 27.4 Å². The lowest BCUT2D eigenvalue weighted by Gasteiger charge is -2.31. The van der Waals surface area contributed by atoms with Crippen molar-refractivity contribution in [1.82, 2.24) is 15.5 Å². The molecule has 2 N–H and O–H groups in total. The maximum Gasteiger partial charge on any atom is 0.231 e. The molecule has 2 aromatic rings. The molecule has 2 heterocycles. The van der Waals surface area contributed by atoms with Gasteiger partial charge in [0.1, 0.15) is 11.3 Å². The maximum absolute atomic E-state index is 12.2. The Morgan fingerprint density at radius 2 is 2.24 bits per heavy atom. The van der Waals surface area contributed by atoms with Gasteiger partial charge in [-0.05, 0) is 25.0 Å². The summed E-state index contributed by atoms with van der Waals surface area (Å²) >= 11 is 2.72. The van der Waals surface area contributed by atoms with Gasteiger partial charge in [-0.15, -0.1) is 10.2 Å². The highest BCUT2D eigenvalue weighted by molar-refractivity contribution is 8.01. The molecule has 1 saturated carbocycles. The van der Waals surface area contributed by atoms with Crippen molar-refractivity contribution in [1.29, 1.82) is 5.26 Å². The number of furan rings is 1. The van der Waals surface area contributed by atoms with Crippen LogP contribution in [0.3, 0.4) is 0 Å². The predicted molar refractivity (Wildman–Crippen MR) is 96.2 cm³/mol. The van der Waals surface area contributed by atoms with Gasteiger partial charge in [0.2, 0.25) is 11.0 Å². The number of hydrogen-bond acceptors (Lipinski definition) is 8. The van der Waals surface area contributed by atoms with E-state index in [9.17, 15) is 10.1 Å². The van der Waals surface area contributed by atoms with E-state index in [1.54, 1.807) is 6.26 Å². The zero-order valence-corrected chi connectivity index (χ0v) is 15.3. The number of carbonyl (C=O) groups excluding carboxylic acids is 1. The fraction of sp³-hybridized carbons (Fsp3) is 0.500. The van der Waals surface area contributed by atoms with Crippen LogP contribution in [0.1, 0.15) is 37.9 Å². The molecule has 2 aromatic heterocycles. The number of amides is 1. The lowest BCUT2D eigenvalue weighted by molar-refractivity contribution is -0.120. The molecule has 9 heteroatoms. The number of hydrogen-bond donors (Lipinski definition) is 2. The normalized spacial score (nSPS) is 16.1. The SMILES string of the molecule is N#CC1(NC(=O)CSc2nnc(NCc3ccco3)s2)CCCCC1. The van der Waals surface area contributed by atoms with Crippen molar-refractivity contribution in [2.45, 2.75) is 48.5 Å². The number of carbonyl (C=O) groups is 1. The van der Waals surface area contributed by atoms with Gasteiger partial charge < -0.3 is 15.1 Å². The van der Waals surface area contributed by atoms with Crippen LogP contribution in [0.15, 0.2) is 27.2 Å². The van der Waals surface area contributed by atoms with Crippen LogP contribution in [0.2, 0.25) is 0 Å². The van der Waals surface area contributed by atoms with Gasteiger partial charge in [-0.1, -0.05) is 42.4 Å². The van der Waals surface area contributed by atoms with Crippen molar-refractivity contribution in [3.8, 4) is 6.07 Å². The minimum absolute atomic E-state index is 0.131. The molecule has 3 rings (SSSR count). The van der Waals surface area contributed by atoms with E-state index in [2.05, 4.69) is 26.9 Å². The summed E-state index contributed by atoms with van der Waals surface area (Å²) in [4.78, 5) is 12.2. The van der Waals surface area contributed by atoms with Crippen LogP contribution in [0.4, 0.5) is 5.13 Å². The second kappa shape index (κ2) is 8.36. The second-order valence-corrected chi connectivity index (χ2v) is 8.10. The van der Waals surface area contributed by atoms with Crippen molar-refractivity contribution in [2.24, 2.45) is 0 Å².